The number of carbonyl (C=O) groups excluding carboxylic acids is 1. The predicted molar refractivity (Wildman–Crippen MR) is 53.6 cm³/mol. The van der Waals surface area contributed by atoms with E-state index in [0.29, 0.717) is 12.1 Å². The molecule has 3 N–H and O–H groups in total. The third-order valence-electron chi connectivity index (χ3n) is 1.89. The fourth-order valence-electron chi connectivity index (χ4n) is 1.09. The molecule has 0 bridgehead atoms. The molecule has 0 heterocycles. The molecule has 0 spiro atoms. The van der Waals surface area contributed by atoms with Crippen LogP contribution < -0.4 is 11.1 Å². The number of rotatable bonds is 4. The van der Waals surface area contributed by atoms with Crippen molar-refractivity contribution < 1.29 is 13.6 Å². The zero-order valence-corrected chi connectivity index (χ0v) is 8.04. The van der Waals surface area contributed by atoms with Crippen LogP contribution >= 0.6 is 0 Å². The second-order valence-corrected chi connectivity index (χ2v) is 3.08. The molecule has 0 aliphatic rings. The van der Waals surface area contributed by atoms with E-state index in [1.807, 2.05) is 0 Å². The summed E-state index contributed by atoms with van der Waals surface area (Å²) in [6, 6.07) is 7.04. The van der Waals surface area contributed by atoms with Crippen molar-refractivity contribution in [3.63, 3.8) is 0 Å². The van der Waals surface area contributed by atoms with E-state index in [1.54, 1.807) is 24.3 Å². The maximum atomic E-state index is 11.8. The number of benzene rings is 1. The summed E-state index contributed by atoms with van der Waals surface area (Å²) in [5.41, 5.74) is 7.07. The van der Waals surface area contributed by atoms with Crippen molar-refractivity contribution in [3.05, 3.63) is 29.8 Å². The van der Waals surface area contributed by atoms with Crippen molar-refractivity contribution in [1.29, 1.82) is 0 Å². The van der Waals surface area contributed by atoms with Gasteiger partial charge in [0.1, 0.15) is 0 Å². The van der Waals surface area contributed by atoms with Gasteiger partial charge in [0, 0.05) is 12.2 Å². The zero-order valence-electron chi connectivity index (χ0n) is 8.04. The molecular weight excluding hydrogens is 202 g/mol. The van der Waals surface area contributed by atoms with E-state index in [0.717, 1.165) is 5.56 Å². The van der Waals surface area contributed by atoms with Gasteiger partial charge >= 0.3 is 6.43 Å². The van der Waals surface area contributed by atoms with Gasteiger partial charge < -0.3 is 11.1 Å². The molecule has 0 saturated carbocycles. The van der Waals surface area contributed by atoms with E-state index in [2.05, 4.69) is 5.32 Å². The van der Waals surface area contributed by atoms with Crippen LogP contribution in [0.25, 0.3) is 0 Å². The molecule has 1 rings (SSSR count). The highest BCUT2D eigenvalue weighted by Gasteiger charge is 2.13. The summed E-state index contributed by atoms with van der Waals surface area (Å²) >= 11 is 0. The van der Waals surface area contributed by atoms with E-state index in [9.17, 15) is 13.6 Å². The molecule has 0 unspecified atom stereocenters. The Balaban J connectivity index is 2.32. The molecule has 1 amide bonds. The SMILES string of the molecule is Nc1ccc(CCNC(=O)C(F)F)cc1. The fraction of sp³-hybridized carbons (Fsp3) is 0.300. The lowest BCUT2D eigenvalue weighted by atomic mass is 10.1. The topological polar surface area (TPSA) is 55.1 Å². The Morgan fingerprint density at radius 2 is 1.93 bits per heavy atom. The summed E-state index contributed by atoms with van der Waals surface area (Å²) in [7, 11) is 0. The van der Waals surface area contributed by atoms with Gasteiger partial charge in [0.25, 0.3) is 5.91 Å². The number of hydrogen-bond donors (Lipinski definition) is 2. The molecule has 1 aromatic carbocycles. The van der Waals surface area contributed by atoms with Crippen LogP contribution in [0.1, 0.15) is 5.56 Å². The second kappa shape index (κ2) is 5.29. The largest absolute Gasteiger partial charge is 0.399 e. The lowest BCUT2D eigenvalue weighted by Crippen LogP contribution is -2.31. The second-order valence-electron chi connectivity index (χ2n) is 3.08. The number of halogens is 2. The Hall–Kier alpha value is -1.65. The molecular formula is C10H12F2N2O. The van der Waals surface area contributed by atoms with E-state index in [-0.39, 0.29) is 6.54 Å². The first-order valence-corrected chi connectivity index (χ1v) is 4.50. The van der Waals surface area contributed by atoms with Crippen molar-refractivity contribution in [2.24, 2.45) is 0 Å². The van der Waals surface area contributed by atoms with Gasteiger partial charge in [0.05, 0.1) is 0 Å². The van der Waals surface area contributed by atoms with Gasteiger partial charge in [0.15, 0.2) is 0 Å². The van der Waals surface area contributed by atoms with Gasteiger partial charge in [-0.2, -0.15) is 8.78 Å². The summed E-state index contributed by atoms with van der Waals surface area (Å²) in [5, 5.41) is 2.13. The van der Waals surface area contributed by atoms with Crippen molar-refractivity contribution >= 4 is 11.6 Å². The van der Waals surface area contributed by atoms with Gasteiger partial charge in [-0.1, -0.05) is 12.1 Å². The van der Waals surface area contributed by atoms with E-state index in [4.69, 9.17) is 5.73 Å². The van der Waals surface area contributed by atoms with Crippen LogP contribution in [0, 0.1) is 0 Å². The van der Waals surface area contributed by atoms with Crippen LogP contribution in [-0.4, -0.2) is 18.9 Å². The predicted octanol–water partition coefficient (Wildman–Crippen LogP) is 1.19. The highest BCUT2D eigenvalue weighted by molar-refractivity contribution is 5.79. The van der Waals surface area contributed by atoms with Crippen molar-refractivity contribution in [2.45, 2.75) is 12.8 Å². The van der Waals surface area contributed by atoms with Crippen LogP contribution in [0.3, 0.4) is 0 Å². The Bertz CT molecular complexity index is 325. The van der Waals surface area contributed by atoms with Crippen LogP contribution in [0.4, 0.5) is 14.5 Å². The summed E-state index contributed by atoms with van der Waals surface area (Å²) in [5.74, 6) is -1.23. The molecule has 0 atom stereocenters. The number of carbonyl (C=O) groups is 1. The van der Waals surface area contributed by atoms with Gasteiger partial charge in [0.2, 0.25) is 0 Å². The molecule has 0 aromatic heterocycles. The van der Waals surface area contributed by atoms with Crippen LogP contribution in [-0.2, 0) is 11.2 Å². The average Bonchev–Trinajstić information content (AvgIpc) is 2.20. The average molecular weight is 214 g/mol. The van der Waals surface area contributed by atoms with E-state index in [1.165, 1.54) is 0 Å². The molecule has 5 heteroatoms. The quantitative estimate of drug-likeness (QED) is 0.740. The van der Waals surface area contributed by atoms with Crippen LogP contribution in [0.5, 0.6) is 0 Å². The minimum Gasteiger partial charge on any atom is -0.399 e. The summed E-state index contributed by atoms with van der Waals surface area (Å²) in [4.78, 5) is 10.5. The molecule has 0 saturated heterocycles. The summed E-state index contributed by atoms with van der Waals surface area (Å²) < 4.78 is 23.6. The lowest BCUT2D eigenvalue weighted by molar-refractivity contribution is -0.131. The molecule has 1 aromatic rings. The zero-order chi connectivity index (χ0) is 11.3. The molecule has 0 radical (unpaired) electrons. The monoisotopic (exact) mass is 214 g/mol. The smallest absolute Gasteiger partial charge is 0.315 e. The van der Waals surface area contributed by atoms with Crippen LogP contribution in [0.2, 0.25) is 0 Å². The van der Waals surface area contributed by atoms with Crippen molar-refractivity contribution in [3.8, 4) is 0 Å². The number of nitrogens with one attached hydrogen (secondary N) is 1. The van der Waals surface area contributed by atoms with Gasteiger partial charge in [-0.25, -0.2) is 0 Å². The van der Waals surface area contributed by atoms with E-state index < -0.39 is 12.3 Å². The Labute approximate surface area is 86.3 Å². The molecule has 0 aliphatic carbocycles. The van der Waals surface area contributed by atoms with Crippen molar-refractivity contribution in [2.75, 3.05) is 12.3 Å². The van der Waals surface area contributed by atoms with Crippen LogP contribution in [0.15, 0.2) is 24.3 Å². The summed E-state index contributed by atoms with van der Waals surface area (Å²) in [6.07, 6.45) is -2.44. The Kier molecular flexibility index (Phi) is 4.03. The third kappa shape index (κ3) is 3.93. The first-order chi connectivity index (χ1) is 7.09. The minimum absolute atomic E-state index is 0.201. The number of alkyl halides is 2. The normalized spacial score (nSPS) is 10.3. The number of nitrogens with two attached hydrogens (primary N) is 1. The van der Waals surface area contributed by atoms with Crippen molar-refractivity contribution in [1.82, 2.24) is 5.32 Å². The first kappa shape index (κ1) is 11.4. The maximum absolute atomic E-state index is 11.8. The molecule has 3 nitrogen and oxygen atoms in total. The highest BCUT2D eigenvalue weighted by atomic mass is 19.3. The fourth-order valence-corrected chi connectivity index (χ4v) is 1.09. The number of hydrogen-bond acceptors (Lipinski definition) is 2. The lowest BCUT2D eigenvalue weighted by Gasteiger charge is -2.04. The highest BCUT2D eigenvalue weighted by Crippen LogP contribution is 2.05. The number of amides is 1. The third-order valence-corrected chi connectivity index (χ3v) is 1.89. The molecule has 82 valence electrons. The minimum atomic E-state index is -2.95. The summed E-state index contributed by atoms with van der Waals surface area (Å²) in [6.45, 7) is 0.201. The number of anilines is 1. The van der Waals surface area contributed by atoms with Gasteiger partial charge in [-0.15, -0.1) is 0 Å². The molecule has 0 fully saturated rings. The standard InChI is InChI=1S/C10H12F2N2O/c11-9(12)10(15)14-6-5-7-1-3-8(13)4-2-7/h1-4,9H,5-6,13H2,(H,14,15). The maximum Gasteiger partial charge on any atom is 0.315 e. The van der Waals surface area contributed by atoms with E-state index >= 15 is 0 Å². The van der Waals surface area contributed by atoms with Gasteiger partial charge in [-0.3, -0.25) is 4.79 Å². The number of nitrogen functional groups attached to an aromatic ring is 1. The van der Waals surface area contributed by atoms with Gasteiger partial charge in [-0.05, 0) is 24.1 Å². The first-order valence-electron chi connectivity index (χ1n) is 4.50. The Morgan fingerprint density at radius 3 is 2.47 bits per heavy atom. The molecule has 15 heavy (non-hydrogen) atoms. The Morgan fingerprint density at radius 1 is 1.33 bits per heavy atom. The molecule has 0 aliphatic heterocycles.